The van der Waals surface area contributed by atoms with E-state index in [1.54, 1.807) is 12.0 Å². The molecule has 1 aliphatic rings. The van der Waals surface area contributed by atoms with E-state index in [9.17, 15) is 19.5 Å². The zero-order valence-electron chi connectivity index (χ0n) is 15.2. The van der Waals surface area contributed by atoms with Gasteiger partial charge in [-0.25, -0.2) is 4.79 Å². The van der Waals surface area contributed by atoms with Crippen LogP contribution in [-0.4, -0.2) is 47.5 Å². The maximum Gasteiger partial charge on any atom is 0.326 e. The van der Waals surface area contributed by atoms with Gasteiger partial charge in [-0.1, -0.05) is 31.9 Å². The third-order valence-corrected chi connectivity index (χ3v) is 4.58. The first-order valence-electron chi connectivity index (χ1n) is 8.88. The first-order valence-corrected chi connectivity index (χ1v) is 8.88. The molecule has 1 fully saturated rings. The van der Waals surface area contributed by atoms with Crippen LogP contribution in [0.5, 0.6) is 5.75 Å². The number of methoxy groups -OCH3 is 1. The number of carboxylic acid groups (broad SMARTS) is 1. The topological polar surface area (TPSA) is 95.9 Å². The highest BCUT2D eigenvalue weighted by Crippen LogP contribution is 2.22. The summed E-state index contributed by atoms with van der Waals surface area (Å²) in [7, 11) is 1.59. The van der Waals surface area contributed by atoms with Crippen molar-refractivity contribution < 1.29 is 24.2 Å². The van der Waals surface area contributed by atoms with Crippen LogP contribution in [0.2, 0.25) is 0 Å². The second kappa shape index (κ2) is 9.22. The highest BCUT2D eigenvalue weighted by Gasteiger charge is 2.35. The van der Waals surface area contributed by atoms with Gasteiger partial charge in [0.1, 0.15) is 11.8 Å². The van der Waals surface area contributed by atoms with Gasteiger partial charge in [-0.3, -0.25) is 9.59 Å². The van der Waals surface area contributed by atoms with E-state index < -0.39 is 17.9 Å². The van der Waals surface area contributed by atoms with Crippen molar-refractivity contribution in [3.8, 4) is 5.75 Å². The van der Waals surface area contributed by atoms with Gasteiger partial charge < -0.3 is 20.1 Å². The maximum atomic E-state index is 12.4. The quantitative estimate of drug-likeness (QED) is 0.698. The van der Waals surface area contributed by atoms with E-state index in [1.807, 2.05) is 31.2 Å². The van der Waals surface area contributed by atoms with Crippen LogP contribution in [-0.2, 0) is 20.9 Å². The third-order valence-electron chi connectivity index (χ3n) is 4.58. The summed E-state index contributed by atoms with van der Waals surface area (Å²) < 4.78 is 5.11. The molecule has 1 aromatic carbocycles. The first kappa shape index (κ1) is 19.8. The average Bonchev–Trinajstić information content (AvgIpc) is 2.99. The Balaban J connectivity index is 1.92. The number of nitrogens with one attached hydrogen (secondary N) is 1. The molecule has 0 radical (unpaired) electrons. The molecule has 2 amide bonds. The van der Waals surface area contributed by atoms with Crippen molar-refractivity contribution in [3.05, 3.63) is 29.8 Å². The van der Waals surface area contributed by atoms with Gasteiger partial charge in [0.15, 0.2) is 0 Å². The van der Waals surface area contributed by atoms with Crippen LogP contribution in [0.3, 0.4) is 0 Å². The minimum Gasteiger partial charge on any atom is -0.497 e. The lowest BCUT2D eigenvalue weighted by Gasteiger charge is -2.18. The van der Waals surface area contributed by atoms with E-state index in [1.165, 1.54) is 0 Å². The highest BCUT2D eigenvalue weighted by atomic mass is 16.5. The third kappa shape index (κ3) is 5.21. The Morgan fingerprint density at radius 2 is 2.04 bits per heavy atom. The monoisotopic (exact) mass is 362 g/mol. The van der Waals surface area contributed by atoms with Crippen LogP contribution in [0.4, 0.5) is 0 Å². The minimum atomic E-state index is -1.04. The number of rotatable bonds is 9. The molecule has 1 aromatic rings. The number of nitrogens with zero attached hydrogens (tertiary/aromatic N) is 1. The average molecular weight is 362 g/mol. The molecule has 0 spiro atoms. The largest absolute Gasteiger partial charge is 0.497 e. The number of likely N-dealkylation sites (tertiary alicyclic amines) is 1. The van der Waals surface area contributed by atoms with Crippen LogP contribution < -0.4 is 10.1 Å². The molecule has 0 saturated carbocycles. The van der Waals surface area contributed by atoms with E-state index in [0.29, 0.717) is 19.5 Å². The number of aliphatic carboxylic acids is 1. The molecule has 0 aliphatic carbocycles. The van der Waals surface area contributed by atoms with Crippen molar-refractivity contribution in [1.82, 2.24) is 10.2 Å². The van der Waals surface area contributed by atoms with Gasteiger partial charge in [0, 0.05) is 19.5 Å². The smallest absolute Gasteiger partial charge is 0.326 e. The van der Waals surface area contributed by atoms with Gasteiger partial charge in [-0.05, 0) is 24.1 Å². The lowest BCUT2D eigenvalue weighted by atomic mass is 10.1. The highest BCUT2D eigenvalue weighted by molar-refractivity contribution is 5.91. The van der Waals surface area contributed by atoms with E-state index in [0.717, 1.165) is 24.2 Å². The summed E-state index contributed by atoms with van der Waals surface area (Å²) in [6, 6.07) is 6.51. The zero-order valence-corrected chi connectivity index (χ0v) is 15.2. The summed E-state index contributed by atoms with van der Waals surface area (Å²) in [6.45, 7) is 2.69. The molecular formula is C19H26N2O5. The predicted molar refractivity (Wildman–Crippen MR) is 95.6 cm³/mol. The van der Waals surface area contributed by atoms with Crippen molar-refractivity contribution in [1.29, 1.82) is 0 Å². The second-order valence-electron chi connectivity index (χ2n) is 6.57. The Morgan fingerprint density at radius 3 is 2.62 bits per heavy atom. The van der Waals surface area contributed by atoms with Gasteiger partial charge in [-0.2, -0.15) is 0 Å². The Labute approximate surface area is 153 Å². The molecule has 1 aliphatic heterocycles. The van der Waals surface area contributed by atoms with Crippen LogP contribution in [0, 0.1) is 5.92 Å². The van der Waals surface area contributed by atoms with Crippen LogP contribution >= 0.6 is 0 Å². The predicted octanol–water partition coefficient (Wildman–Crippen LogP) is 1.80. The van der Waals surface area contributed by atoms with Crippen LogP contribution in [0.1, 0.15) is 38.2 Å². The first-order chi connectivity index (χ1) is 12.4. The lowest BCUT2D eigenvalue weighted by molar-refractivity contribution is -0.142. The second-order valence-corrected chi connectivity index (χ2v) is 6.57. The summed E-state index contributed by atoms with van der Waals surface area (Å²) in [5.41, 5.74) is 0.951. The van der Waals surface area contributed by atoms with Crippen molar-refractivity contribution in [2.45, 2.75) is 45.2 Å². The number of ether oxygens (including phenoxy) is 1. The molecule has 1 heterocycles. The molecule has 2 atom stereocenters. The summed E-state index contributed by atoms with van der Waals surface area (Å²) in [5, 5.41) is 11.8. The Kier molecular flexibility index (Phi) is 7.00. The molecule has 1 saturated heterocycles. The van der Waals surface area contributed by atoms with Crippen molar-refractivity contribution in [2.24, 2.45) is 5.92 Å². The number of carbonyl (C=O) groups is 3. The van der Waals surface area contributed by atoms with Gasteiger partial charge in [0.25, 0.3) is 0 Å². The normalized spacial score (nSPS) is 17.8. The number of hydrogen-bond donors (Lipinski definition) is 2. The summed E-state index contributed by atoms with van der Waals surface area (Å²) in [4.78, 5) is 37.5. The number of carbonyl (C=O) groups excluding carboxylic acids is 2. The Bertz CT molecular complexity index is 644. The fourth-order valence-corrected chi connectivity index (χ4v) is 3.01. The standard InChI is InChI=1S/C19H26N2O5/c1-3-4-5-16(19(24)25)20-18(23)14-10-17(22)21(12-14)11-13-6-8-15(26-2)9-7-13/h6-9,14,16H,3-5,10-12H2,1-2H3,(H,20,23)(H,24,25)/t14?,16-/m0/s1. The van der Waals surface area contributed by atoms with Crippen molar-refractivity contribution >= 4 is 17.8 Å². The summed E-state index contributed by atoms with van der Waals surface area (Å²) >= 11 is 0. The molecule has 26 heavy (non-hydrogen) atoms. The molecule has 7 heteroatoms. The van der Waals surface area contributed by atoms with Crippen LogP contribution in [0.15, 0.2) is 24.3 Å². The van der Waals surface area contributed by atoms with Crippen molar-refractivity contribution in [2.75, 3.05) is 13.7 Å². The summed E-state index contributed by atoms with van der Waals surface area (Å²) in [5.74, 6) is -1.26. The molecular weight excluding hydrogens is 336 g/mol. The van der Waals surface area contributed by atoms with Gasteiger partial charge in [0.2, 0.25) is 11.8 Å². The zero-order chi connectivity index (χ0) is 19.1. The van der Waals surface area contributed by atoms with E-state index >= 15 is 0 Å². The molecule has 2 rings (SSSR count). The minimum absolute atomic E-state index is 0.0959. The molecule has 1 unspecified atom stereocenters. The molecule has 2 N–H and O–H groups in total. The van der Waals surface area contributed by atoms with E-state index in [-0.39, 0.29) is 18.2 Å². The summed E-state index contributed by atoms with van der Waals surface area (Å²) in [6.07, 6.45) is 2.09. The Morgan fingerprint density at radius 1 is 1.35 bits per heavy atom. The van der Waals surface area contributed by atoms with E-state index in [4.69, 9.17) is 4.74 Å². The number of benzene rings is 1. The van der Waals surface area contributed by atoms with Gasteiger partial charge in [-0.15, -0.1) is 0 Å². The molecule has 0 bridgehead atoms. The van der Waals surface area contributed by atoms with Crippen LogP contribution in [0.25, 0.3) is 0 Å². The number of unbranched alkanes of at least 4 members (excludes halogenated alkanes) is 1. The fourth-order valence-electron chi connectivity index (χ4n) is 3.01. The van der Waals surface area contributed by atoms with Crippen molar-refractivity contribution in [3.63, 3.8) is 0 Å². The molecule has 0 aromatic heterocycles. The maximum absolute atomic E-state index is 12.4. The number of amides is 2. The lowest BCUT2D eigenvalue weighted by Crippen LogP contribution is -2.44. The fraction of sp³-hybridized carbons (Fsp3) is 0.526. The Hall–Kier alpha value is -2.57. The van der Waals surface area contributed by atoms with E-state index in [2.05, 4.69) is 5.32 Å². The van der Waals surface area contributed by atoms with Gasteiger partial charge >= 0.3 is 5.97 Å². The molecule has 7 nitrogen and oxygen atoms in total. The number of carboxylic acids is 1. The SMILES string of the molecule is CCCC[C@H](NC(=O)C1CC(=O)N(Cc2ccc(OC)cc2)C1)C(=O)O. The molecule has 142 valence electrons. The van der Waals surface area contributed by atoms with Gasteiger partial charge in [0.05, 0.1) is 13.0 Å². The number of hydrogen-bond acceptors (Lipinski definition) is 4.